The molecule has 0 aromatic heterocycles. The molecule has 120 valence electrons. The summed E-state index contributed by atoms with van der Waals surface area (Å²) in [6.07, 6.45) is 1.87. The lowest BCUT2D eigenvalue weighted by Crippen LogP contribution is -2.44. The highest BCUT2D eigenvalue weighted by molar-refractivity contribution is 5.40. The molecule has 1 unspecified atom stereocenters. The maximum absolute atomic E-state index is 6.14. The summed E-state index contributed by atoms with van der Waals surface area (Å²) in [7, 11) is 5.31. The van der Waals surface area contributed by atoms with E-state index >= 15 is 0 Å². The first-order valence-corrected chi connectivity index (χ1v) is 7.64. The van der Waals surface area contributed by atoms with Crippen molar-refractivity contribution in [1.29, 1.82) is 0 Å². The highest BCUT2D eigenvalue weighted by atomic mass is 16.5. The largest absolute Gasteiger partial charge is 0.497 e. The maximum atomic E-state index is 6.14. The van der Waals surface area contributed by atoms with E-state index in [-0.39, 0.29) is 11.6 Å². The number of likely N-dealkylation sites (N-methyl/N-ethyl adjacent to an activating group) is 1. The third-order valence-corrected chi connectivity index (χ3v) is 4.15. The zero-order valence-corrected chi connectivity index (χ0v) is 14.2. The zero-order chi connectivity index (χ0) is 15.9. The van der Waals surface area contributed by atoms with Crippen molar-refractivity contribution >= 4 is 0 Å². The lowest BCUT2D eigenvalue weighted by molar-refractivity contribution is -0.0718. The minimum atomic E-state index is -0.235. The molecule has 1 N–H and O–H groups in total. The van der Waals surface area contributed by atoms with Gasteiger partial charge in [0.05, 0.1) is 25.9 Å². The Morgan fingerprint density at radius 2 is 1.52 bits per heavy atom. The molecule has 1 aromatic rings. The molecule has 4 nitrogen and oxygen atoms in total. The van der Waals surface area contributed by atoms with Crippen LogP contribution in [0, 0.1) is 0 Å². The molecule has 0 radical (unpaired) electrons. The van der Waals surface area contributed by atoms with Crippen molar-refractivity contribution in [3.63, 3.8) is 0 Å². The van der Waals surface area contributed by atoms with E-state index in [1.165, 1.54) is 0 Å². The van der Waals surface area contributed by atoms with E-state index in [9.17, 15) is 0 Å². The number of nitrogens with one attached hydrogen (secondary N) is 1. The Kier molecular flexibility index (Phi) is 6.99. The minimum absolute atomic E-state index is 0.0800. The fourth-order valence-electron chi connectivity index (χ4n) is 2.96. The predicted molar refractivity (Wildman–Crippen MR) is 86.3 cm³/mol. The van der Waals surface area contributed by atoms with E-state index < -0.39 is 0 Å². The van der Waals surface area contributed by atoms with Gasteiger partial charge in [-0.05, 0) is 44.5 Å². The molecule has 0 bridgehead atoms. The van der Waals surface area contributed by atoms with Crippen LogP contribution in [-0.4, -0.2) is 33.5 Å². The van der Waals surface area contributed by atoms with Gasteiger partial charge >= 0.3 is 0 Å². The molecule has 1 aromatic carbocycles. The standard InChI is InChI=1S/C17H29NO3/c1-7-17(8-2,21-9-3)16(18-4)13-10-14(19-5)12-15(11-13)20-6/h10-12,16,18H,7-9H2,1-6H3. The first kappa shape index (κ1) is 17.8. The Morgan fingerprint density at radius 1 is 1.00 bits per heavy atom. The van der Waals surface area contributed by atoms with E-state index in [1.54, 1.807) is 14.2 Å². The summed E-state index contributed by atoms with van der Waals surface area (Å²) in [6, 6.07) is 6.05. The van der Waals surface area contributed by atoms with Crippen LogP contribution in [0.3, 0.4) is 0 Å². The molecule has 21 heavy (non-hydrogen) atoms. The van der Waals surface area contributed by atoms with Gasteiger partial charge in [0, 0.05) is 12.7 Å². The highest BCUT2D eigenvalue weighted by Gasteiger charge is 2.37. The van der Waals surface area contributed by atoms with Crippen molar-refractivity contribution in [3.8, 4) is 11.5 Å². The van der Waals surface area contributed by atoms with Crippen molar-refractivity contribution < 1.29 is 14.2 Å². The third kappa shape index (κ3) is 3.89. The van der Waals surface area contributed by atoms with Gasteiger partial charge in [0.25, 0.3) is 0 Å². The summed E-state index contributed by atoms with van der Waals surface area (Å²) in [4.78, 5) is 0. The van der Waals surface area contributed by atoms with Gasteiger partial charge in [-0.3, -0.25) is 0 Å². The van der Waals surface area contributed by atoms with E-state index in [0.717, 1.165) is 29.9 Å². The van der Waals surface area contributed by atoms with Crippen LogP contribution in [-0.2, 0) is 4.74 Å². The van der Waals surface area contributed by atoms with E-state index in [4.69, 9.17) is 14.2 Å². The van der Waals surface area contributed by atoms with E-state index in [2.05, 4.69) is 19.2 Å². The summed E-state index contributed by atoms with van der Waals surface area (Å²) in [6.45, 7) is 7.07. The number of benzene rings is 1. The number of rotatable bonds is 9. The number of ether oxygens (including phenoxy) is 3. The predicted octanol–water partition coefficient (Wildman–Crippen LogP) is 3.56. The molecule has 0 aliphatic rings. The Hall–Kier alpha value is -1.26. The highest BCUT2D eigenvalue weighted by Crippen LogP contribution is 2.38. The third-order valence-electron chi connectivity index (χ3n) is 4.15. The molecule has 4 heteroatoms. The topological polar surface area (TPSA) is 39.7 Å². The van der Waals surface area contributed by atoms with Crippen LogP contribution in [0.15, 0.2) is 18.2 Å². The Morgan fingerprint density at radius 3 is 1.86 bits per heavy atom. The van der Waals surface area contributed by atoms with Crippen molar-refractivity contribution in [2.75, 3.05) is 27.9 Å². The van der Waals surface area contributed by atoms with E-state index in [1.807, 2.05) is 32.2 Å². The van der Waals surface area contributed by atoms with Crippen molar-refractivity contribution in [2.24, 2.45) is 0 Å². The van der Waals surface area contributed by atoms with Crippen LogP contribution in [0.5, 0.6) is 11.5 Å². The second-order valence-electron chi connectivity index (χ2n) is 5.07. The summed E-state index contributed by atoms with van der Waals surface area (Å²) in [5, 5.41) is 3.41. The molecule has 1 rings (SSSR count). The van der Waals surface area contributed by atoms with Crippen molar-refractivity contribution in [1.82, 2.24) is 5.32 Å². The Balaban J connectivity index is 3.30. The van der Waals surface area contributed by atoms with Crippen LogP contribution < -0.4 is 14.8 Å². The molecule has 0 saturated carbocycles. The first-order valence-electron chi connectivity index (χ1n) is 7.64. The summed E-state index contributed by atoms with van der Waals surface area (Å²) < 4.78 is 16.9. The first-order chi connectivity index (χ1) is 10.1. The maximum Gasteiger partial charge on any atom is 0.122 e. The normalized spacial score (nSPS) is 13.0. The fourth-order valence-corrected chi connectivity index (χ4v) is 2.96. The van der Waals surface area contributed by atoms with Crippen LogP contribution in [0.25, 0.3) is 0 Å². The van der Waals surface area contributed by atoms with Crippen LogP contribution in [0.1, 0.15) is 45.2 Å². The summed E-state index contributed by atoms with van der Waals surface area (Å²) in [5.74, 6) is 1.59. The minimum Gasteiger partial charge on any atom is -0.497 e. The van der Waals surface area contributed by atoms with Gasteiger partial charge < -0.3 is 19.5 Å². The fraction of sp³-hybridized carbons (Fsp3) is 0.647. The lowest BCUT2D eigenvalue weighted by Gasteiger charge is -2.39. The second-order valence-corrected chi connectivity index (χ2v) is 5.07. The van der Waals surface area contributed by atoms with Gasteiger partial charge in [0.2, 0.25) is 0 Å². The van der Waals surface area contributed by atoms with Crippen LogP contribution in [0.4, 0.5) is 0 Å². The average Bonchev–Trinajstić information content (AvgIpc) is 2.54. The van der Waals surface area contributed by atoms with Gasteiger partial charge in [-0.15, -0.1) is 0 Å². The smallest absolute Gasteiger partial charge is 0.122 e. The molecule has 0 fully saturated rings. The van der Waals surface area contributed by atoms with Gasteiger partial charge in [-0.1, -0.05) is 13.8 Å². The monoisotopic (exact) mass is 295 g/mol. The van der Waals surface area contributed by atoms with E-state index in [0.29, 0.717) is 6.61 Å². The lowest BCUT2D eigenvalue weighted by atomic mass is 9.83. The Labute approximate surface area is 128 Å². The molecule has 0 amide bonds. The van der Waals surface area contributed by atoms with Gasteiger partial charge in [-0.2, -0.15) is 0 Å². The average molecular weight is 295 g/mol. The van der Waals surface area contributed by atoms with Gasteiger partial charge in [-0.25, -0.2) is 0 Å². The molecule has 0 aliphatic heterocycles. The van der Waals surface area contributed by atoms with Gasteiger partial charge in [0.1, 0.15) is 11.5 Å². The van der Waals surface area contributed by atoms with Crippen molar-refractivity contribution in [2.45, 2.75) is 45.3 Å². The molecular formula is C17H29NO3. The second kappa shape index (κ2) is 8.25. The summed E-state index contributed by atoms with van der Waals surface area (Å²) >= 11 is 0. The SMILES string of the molecule is CCOC(CC)(CC)C(NC)c1cc(OC)cc(OC)c1. The quantitative estimate of drug-likeness (QED) is 0.756. The number of hydrogen-bond donors (Lipinski definition) is 1. The van der Waals surface area contributed by atoms with Crippen molar-refractivity contribution in [3.05, 3.63) is 23.8 Å². The molecule has 0 saturated heterocycles. The molecule has 0 spiro atoms. The number of hydrogen-bond acceptors (Lipinski definition) is 4. The Bertz CT molecular complexity index is 408. The van der Waals surface area contributed by atoms with Gasteiger partial charge in [0.15, 0.2) is 0 Å². The van der Waals surface area contributed by atoms with Crippen LogP contribution >= 0.6 is 0 Å². The number of methoxy groups -OCH3 is 2. The van der Waals surface area contributed by atoms with Crippen LogP contribution in [0.2, 0.25) is 0 Å². The summed E-state index contributed by atoms with van der Waals surface area (Å²) in [5.41, 5.74) is 0.881. The zero-order valence-electron chi connectivity index (χ0n) is 14.2. The molecule has 0 heterocycles. The molecule has 0 aliphatic carbocycles. The molecule has 1 atom stereocenters. The molecular weight excluding hydrogens is 266 g/mol.